The van der Waals surface area contributed by atoms with E-state index in [0.29, 0.717) is 5.03 Å². The Hall–Kier alpha value is -2.33. The van der Waals surface area contributed by atoms with Crippen LogP contribution < -0.4 is 0 Å². The lowest BCUT2D eigenvalue weighted by Gasteiger charge is -2.03. The first kappa shape index (κ1) is 15.1. The summed E-state index contributed by atoms with van der Waals surface area (Å²) in [6.45, 7) is -0.0142. The molecule has 1 heterocycles. The maximum Gasteiger partial charge on any atom is 0.261 e. The van der Waals surface area contributed by atoms with Crippen molar-refractivity contribution < 1.29 is 14.7 Å². The summed E-state index contributed by atoms with van der Waals surface area (Å²) in [5.41, 5.74) is 0.713. The Morgan fingerprint density at radius 3 is 2.48 bits per heavy atom. The van der Waals surface area contributed by atoms with Gasteiger partial charge in [-0.3, -0.25) is 9.59 Å². The van der Waals surface area contributed by atoms with E-state index in [1.165, 1.54) is 24.1 Å². The van der Waals surface area contributed by atoms with Crippen LogP contribution in [0.3, 0.4) is 0 Å². The predicted octanol–water partition coefficient (Wildman–Crippen LogP) is 2.68. The number of halogens is 1. The van der Waals surface area contributed by atoms with Gasteiger partial charge < -0.3 is 10.0 Å². The molecule has 0 saturated carbocycles. The zero-order valence-electron chi connectivity index (χ0n) is 11.4. The molecule has 4 nitrogen and oxygen atoms in total. The molecule has 1 fully saturated rings. The van der Waals surface area contributed by atoms with Crippen molar-refractivity contribution in [2.24, 2.45) is 0 Å². The molecule has 1 aromatic carbocycles. The fraction of sp³-hybridized carbons (Fsp3) is 0.125. The van der Waals surface area contributed by atoms with E-state index in [1.807, 2.05) is 30.3 Å². The molecule has 1 aliphatic rings. The topological polar surface area (TPSA) is 57.6 Å². The predicted molar refractivity (Wildman–Crippen MR) is 81.7 cm³/mol. The molecule has 21 heavy (non-hydrogen) atoms. The average Bonchev–Trinajstić information content (AvgIpc) is 2.71. The highest BCUT2D eigenvalue weighted by molar-refractivity contribution is 6.33. The normalized spacial score (nSPS) is 18.8. The third-order valence-corrected chi connectivity index (χ3v) is 3.22. The lowest BCUT2D eigenvalue weighted by Crippen LogP contribution is -2.19. The first-order chi connectivity index (χ1) is 9.99. The number of likely N-dealkylation sites (N-methyl/N-ethyl adjacent to an activating group) is 1. The van der Waals surface area contributed by atoms with Crippen molar-refractivity contribution in [1.29, 1.82) is 0 Å². The Morgan fingerprint density at radius 2 is 1.90 bits per heavy atom. The molecule has 0 aromatic heterocycles. The van der Waals surface area contributed by atoms with Crippen LogP contribution in [0.15, 0.2) is 58.8 Å². The molecule has 2 rings (SSSR count). The number of nitrogens with zero attached hydrogens (tertiary/aromatic N) is 1. The lowest BCUT2D eigenvalue weighted by atomic mass is 10.1. The highest BCUT2D eigenvalue weighted by Gasteiger charge is 2.33. The summed E-state index contributed by atoms with van der Waals surface area (Å²) < 4.78 is 0. The number of likely N-dealkylation sites (tertiary alicyclic amines) is 1. The second kappa shape index (κ2) is 6.41. The Bertz CT molecular complexity index is 659. The number of rotatable bonds is 3. The van der Waals surface area contributed by atoms with Gasteiger partial charge in [-0.05, 0) is 23.8 Å². The highest BCUT2D eigenvalue weighted by atomic mass is 35.5. The average molecular weight is 304 g/mol. The van der Waals surface area contributed by atoms with Crippen LogP contribution in [-0.4, -0.2) is 35.3 Å². The fourth-order valence-corrected chi connectivity index (χ4v) is 2.12. The number of allylic oxidation sites excluding steroid dienone is 3. The number of ketones is 1. The van der Waals surface area contributed by atoms with Crippen LogP contribution in [0.4, 0.5) is 0 Å². The van der Waals surface area contributed by atoms with Gasteiger partial charge >= 0.3 is 0 Å². The number of aliphatic hydroxyl groups is 1. The van der Waals surface area contributed by atoms with Gasteiger partial charge in [0.1, 0.15) is 11.3 Å². The van der Waals surface area contributed by atoms with E-state index in [1.54, 1.807) is 6.08 Å². The van der Waals surface area contributed by atoms with Gasteiger partial charge in [0, 0.05) is 12.1 Å². The summed E-state index contributed by atoms with van der Waals surface area (Å²) >= 11 is 6.03. The number of Topliss-reactive ketones (excluding diaryl/α,β-unsaturated/α-hetero) is 1. The summed E-state index contributed by atoms with van der Waals surface area (Å²) in [5, 5.41) is 10.2. The minimum Gasteiger partial charge on any atom is -0.507 e. The van der Waals surface area contributed by atoms with E-state index in [-0.39, 0.29) is 17.9 Å². The molecule has 1 N–H and O–H groups in total. The van der Waals surface area contributed by atoms with Crippen LogP contribution in [0.1, 0.15) is 5.56 Å². The maximum absolute atomic E-state index is 11.7. The van der Waals surface area contributed by atoms with Crippen molar-refractivity contribution in [2.45, 2.75) is 0 Å². The molecular weight excluding hydrogens is 290 g/mol. The lowest BCUT2D eigenvalue weighted by molar-refractivity contribution is -0.123. The Balaban J connectivity index is 2.19. The third-order valence-electron chi connectivity index (χ3n) is 2.98. The Morgan fingerprint density at radius 1 is 1.24 bits per heavy atom. The second-order valence-electron chi connectivity index (χ2n) is 4.62. The minimum absolute atomic E-state index is 0.0142. The number of hydrogen-bond donors (Lipinski definition) is 1. The molecule has 1 aromatic rings. The van der Waals surface area contributed by atoms with Crippen molar-refractivity contribution in [3.63, 3.8) is 0 Å². The monoisotopic (exact) mass is 303 g/mol. The second-order valence-corrected chi connectivity index (χ2v) is 5.05. The Labute approximate surface area is 127 Å². The van der Waals surface area contributed by atoms with Gasteiger partial charge in [0.05, 0.1) is 6.54 Å². The molecule has 5 heteroatoms. The van der Waals surface area contributed by atoms with Crippen LogP contribution in [0, 0.1) is 0 Å². The summed E-state index contributed by atoms with van der Waals surface area (Å²) in [4.78, 5) is 24.6. The number of carbonyl (C=O) groups is 2. The third kappa shape index (κ3) is 3.61. The largest absolute Gasteiger partial charge is 0.507 e. The molecule has 1 amide bonds. The smallest absolute Gasteiger partial charge is 0.261 e. The van der Waals surface area contributed by atoms with Crippen molar-refractivity contribution in [2.75, 3.05) is 13.6 Å². The van der Waals surface area contributed by atoms with Gasteiger partial charge in [-0.1, -0.05) is 41.9 Å². The molecule has 108 valence electrons. The summed E-state index contributed by atoms with van der Waals surface area (Å²) in [6.07, 6.45) is 4.41. The van der Waals surface area contributed by atoms with Gasteiger partial charge in [0.15, 0.2) is 5.78 Å². The molecule has 1 saturated heterocycles. The highest BCUT2D eigenvalue weighted by Crippen LogP contribution is 2.17. The zero-order valence-corrected chi connectivity index (χ0v) is 12.2. The van der Waals surface area contributed by atoms with E-state index >= 15 is 0 Å². The summed E-state index contributed by atoms with van der Waals surface area (Å²) in [7, 11) is 1.51. The molecule has 0 spiro atoms. The molecular formula is C16H14ClNO3. The van der Waals surface area contributed by atoms with Crippen LogP contribution in [0.5, 0.6) is 0 Å². The summed E-state index contributed by atoms with van der Waals surface area (Å²) in [6, 6.07) is 9.42. The van der Waals surface area contributed by atoms with Crippen molar-refractivity contribution in [1.82, 2.24) is 4.90 Å². The first-order valence-corrected chi connectivity index (χ1v) is 6.69. The van der Waals surface area contributed by atoms with E-state index in [2.05, 4.69) is 0 Å². The van der Waals surface area contributed by atoms with Gasteiger partial charge in [-0.25, -0.2) is 0 Å². The quantitative estimate of drug-likeness (QED) is 0.404. The van der Waals surface area contributed by atoms with Crippen molar-refractivity contribution in [3.05, 3.63) is 64.4 Å². The van der Waals surface area contributed by atoms with Crippen LogP contribution in [0.2, 0.25) is 0 Å². The molecule has 0 atom stereocenters. The first-order valence-electron chi connectivity index (χ1n) is 6.31. The van der Waals surface area contributed by atoms with Crippen molar-refractivity contribution >= 4 is 29.4 Å². The molecule has 0 aliphatic carbocycles. The van der Waals surface area contributed by atoms with Gasteiger partial charge in [0.2, 0.25) is 0 Å². The Kier molecular flexibility index (Phi) is 4.60. The van der Waals surface area contributed by atoms with E-state index in [9.17, 15) is 14.7 Å². The number of hydrogen-bond acceptors (Lipinski definition) is 3. The van der Waals surface area contributed by atoms with Crippen LogP contribution in [-0.2, 0) is 9.59 Å². The minimum atomic E-state index is -0.481. The summed E-state index contributed by atoms with van der Waals surface area (Å²) in [5.74, 6) is -1.24. The molecule has 0 radical (unpaired) electrons. The van der Waals surface area contributed by atoms with E-state index in [0.717, 1.165) is 5.56 Å². The standard InChI is InChI=1S/C16H14ClNO3/c1-18-10-14(20)15(16(18)21)13(19)8-7-12(17)9-11-5-3-2-4-6-11/h2-9,19H,10H2,1H3/b8-7+,12-9-,15-13?. The van der Waals surface area contributed by atoms with Crippen molar-refractivity contribution in [3.8, 4) is 0 Å². The number of benzene rings is 1. The molecule has 0 bridgehead atoms. The van der Waals surface area contributed by atoms with Gasteiger partial charge in [-0.15, -0.1) is 0 Å². The number of aliphatic hydroxyl groups excluding tert-OH is 1. The van der Waals surface area contributed by atoms with E-state index < -0.39 is 11.7 Å². The molecule has 0 unspecified atom stereocenters. The fourth-order valence-electron chi connectivity index (χ4n) is 1.93. The van der Waals surface area contributed by atoms with Crippen LogP contribution in [0.25, 0.3) is 6.08 Å². The maximum atomic E-state index is 11.7. The zero-order chi connectivity index (χ0) is 15.4. The van der Waals surface area contributed by atoms with Gasteiger partial charge in [-0.2, -0.15) is 0 Å². The molecule has 1 aliphatic heterocycles. The van der Waals surface area contributed by atoms with E-state index in [4.69, 9.17) is 11.6 Å². The number of amides is 1. The number of carbonyl (C=O) groups excluding carboxylic acids is 2. The SMILES string of the molecule is CN1CC(=O)C(=C(O)/C=C/C(Cl)=C/c2ccccc2)C1=O. The van der Waals surface area contributed by atoms with Crippen LogP contribution >= 0.6 is 11.6 Å². The van der Waals surface area contributed by atoms with Gasteiger partial charge in [0.25, 0.3) is 5.91 Å².